The van der Waals surface area contributed by atoms with Crippen LogP contribution in [0.3, 0.4) is 0 Å². The molecule has 2 aliphatic carbocycles. The maximum Gasteiger partial charge on any atom is 0.306 e. The van der Waals surface area contributed by atoms with E-state index in [1.807, 2.05) is 4.90 Å². The van der Waals surface area contributed by atoms with Crippen LogP contribution >= 0.6 is 0 Å². The summed E-state index contributed by atoms with van der Waals surface area (Å²) in [4.78, 5) is 24.8. The molecule has 0 aromatic heterocycles. The summed E-state index contributed by atoms with van der Waals surface area (Å²) in [7, 11) is 0. The second-order valence-corrected chi connectivity index (χ2v) is 5.80. The van der Waals surface area contributed by atoms with Crippen LogP contribution in [0, 0.1) is 17.8 Å². The molecule has 1 amide bonds. The molecule has 0 aromatic rings. The van der Waals surface area contributed by atoms with Gasteiger partial charge in [-0.15, -0.1) is 0 Å². The average molecular weight is 253 g/mol. The van der Waals surface area contributed by atoms with Gasteiger partial charge in [-0.1, -0.05) is 0 Å². The van der Waals surface area contributed by atoms with Crippen LogP contribution in [0.25, 0.3) is 0 Å². The summed E-state index contributed by atoms with van der Waals surface area (Å²) in [6, 6.07) is 0. The summed E-state index contributed by atoms with van der Waals surface area (Å²) in [5.74, 6) is 1.15. The number of morpholine rings is 1. The van der Waals surface area contributed by atoms with Gasteiger partial charge in [0.2, 0.25) is 5.91 Å². The van der Waals surface area contributed by atoms with Gasteiger partial charge in [0.1, 0.15) is 0 Å². The first-order valence-electron chi connectivity index (χ1n) is 6.75. The number of carbonyl (C=O) groups is 2. The van der Waals surface area contributed by atoms with E-state index >= 15 is 0 Å². The van der Waals surface area contributed by atoms with E-state index in [1.54, 1.807) is 0 Å². The zero-order valence-corrected chi connectivity index (χ0v) is 10.4. The van der Waals surface area contributed by atoms with Crippen molar-refractivity contribution in [2.24, 2.45) is 17.8 Å². The van der Waals surface area contributed by atoms with Crippen LogP contribution in [0.4, 0.5) is 0 Å². The largest absolute Gasteiger partial charge is 0.481 e. The monoisotopic (exact) mass is 253 g/mol. The van der Waals surface area contributed by atoms with Crippen LogP contribution in [0.2, 0.25) is 0 Å². The molecule has 18 heavy (non-hydrogen) atoms. The first-order chi connectivity index (χ1) is 8.63. The topological polar surface area (TPSA) is 66.8 Å². The summed E-state index contributed by atoms with van der Waals surface area (Å²) in [6.07, 6.45) is 3.06. The van der Waals surface area contributed by atoms with Crippen molar-refractivity contribution in [1.82, 2.24) is 4.90 Å². The van der Waals surface area contributed by atoms with Crippen molar-refractivity contribution in [3.05, 3.63) is 0 Å². The van der Waals surface area contributed by atoms with Crippen LogP contribution in [-0.2, 0) is 14.3 Å². The number of hydrogen-bond acceptors (Lipinski definition) is 3. The van der Waals surface area contributed by atoms with E-state index < -0.39 is 5.97 Å². The van der Waals surface area contributed by atoms with Gasteiger partial charge in [-0.3, -0.25) is 9.59 Å². The van der Waals surface area contributed by atoms with Gasteiger partial charge >= 0.3 is 5.97 Å². The van der Waals surface area contributed by atoms with Crippen molar-refractivity contribution < 1.29 is 19.4 Å². The number of nitrogens with zero attached hydrogens (tertiary/aromatic N) is 1. The number of carboxylic acid groups (broad SMARTS) is 1. The third kappa shape index (κ3) is 2.36. The van der Waals surface area contributed by atoms with Crippen molar-refractivity contribution >= 4 is 11.9 Å². The highest BCUT2D eigenvalue weighted by atomic mass is 16.5. The van der Waals surface area contributed by atoms with E-state index in [-0.39, 0.29) is 24.3 Å². The Morgan fingerprint density at radius 2 is 1.94 bits per heavy atom. The first-order valence-corrected chi connectivity index (χ1v) is 6.75. The van der Waals surface area contributed by atoms with E-state index in [0.29, 0.717) is 19.7 Å². The van der Waals surface area contributed by atoms with Crippen molar-refractivity contribution in [2.75, 3.05) is 19.7 Å². The van der Waals surface area contributed by atoms with E-state index in [1.165, 1.54) is 6.42 Å². The Balaban J connectivity index is 1.54. The zero-order valence-electron chi connectivity index (χ0n) is 10.4. The number of carboxylic acids is 1. The average Bonchev–Trinajstić information content (AvgIpc) is 2.95. The molecule has 3 aliphatic rings. The van der Waals surface area contributed by atoms with Gasteiger partial charge in [0.25, 0.3) is 0 Å². The highest BCUT2D eigenvalue weighted by molar-refractivity contribution is 5.79. The normalized spacial score (nSPS) is 38.3. The number of carbonyl (C=O) groups excluding carboxylic acids is 1. The van der Waals surface area contributed by atoms with Crippen LogP contribution in [-0.4, -0.2) is 47.7 Å². The number of ether oxygens (including phenoxy) is 1. The molecular weight excluding hydrogens is 234 g/mol. The fourth-order valence-corrected chi connectivity index (χ4v) is 3.41. The lowest BCUT2D eigenvalue weighted by atomic mass is 10.0. The van der Waals surface area contributed by atoms with Crippen LogP contribution < -0.4 is 0 Å². The van der Waals surface area contributed by atoms with Gasteiger partial charge in [0, 0.05) is 19.0 Å². The van der Waals surface area contributed by atoms with Crippen LogP contribution in [0.1, 0.15) is 25.7 Å². The summed E-state index contributed by atoms with van der Waals surface area (Å²) in [6.45, 7) is 1.51. The van der Waals surface area contributed by atoms with Crippen molar-refractivity contribution in [3.63, 3.8) is 0 Å². The van der Waals surface area contributed by atoms with Crippen LogP contribution in [0.15, 0.2) is 0 Å². The Hall–Kier alpha value is -1.10. The molecule has 3 fully saturated rings. The molecule has 0 spiro atoms. The fraction of sp³-hybridized carbons (Fsp3) is 0.846. The maximum absolute atomic E-state index is 12.3. The minimum atomic E-state index is -0.864. The SMILES string of the molecule is O=C(O)CC1CN(C(=O)C2CC3CC3C2)CCO1. The van der Waals surface area contributed by atoms with Gasteiger partial charge in [0.05, 0.1) is 19.1 Å². The Morgan fingerprint density at radius 3 is 2.61 bits per heavy atom. The molecule has 100 valence electrons. The second-order valence-electron chi connectivity index (χ2n) is 5.80. The van der Waals surface area contributed by atoms with Gasteiger partial charge in [-0.05, 0) is 31.1 Å². The number of rotatable bonds is 3. The molecule has 1 heterocycles. The first kappa shape index (κ1) is 12.0. The Kier molecular flexibility index (Phi) is 3.01. The lowest BCUT2D eigenvalue weighted by Crippen LogP contribution is -2.48. The molecule has 0 radical (unpaired) electrons. The minimum absolute atomic E-state index is 0.0142. The summed E-state index contributed by atoms with van der Waals surface area (Å²) >= 11 is 0. The Bertz CT molecular complexity index is 360. The lowest BCUT2D eigenvalue weighted by molar-refractivity contribution is -0.149. The fourth-order valence-electron chi connectivity index (χ4n) is 3.41. The number of fused-ring (bicyclic) bond motifs is 1. The highest BCUT2D eigenvalue weighted by Gasteiger charge is 2.49. The predicted octanol–water partition coefficient (Wildman–Crippen LogP) is 0.735. The summed E-state index contributed by atoms with van der Waals surface area (Å²) in [5.41, 5.74) is 0. The van der Waals surface area contributed by atoms with Crippen molar-refractivity contribution in [1.29, 1.82) is 0 Å². The van der Waals surface area contributed by atoms with Gasteiger partial charge in [-0.25, -0.2) is 0 Å². The number of amides is 1. The van der Waals surface area contributed by atoms with E-state index in [4.69, 9.17) is 9.84 Å². The Morgan fingerprint density at radius 1 is 1.22 bits per heavy atom. The molecule has 0 aromatic carbocycles. The maximum atomic E-state index is 12.3. The molecule has 3 rings (SSSR count). The number of aliphatic carboxylic acids is 1. The summed E-state index contributed by atoms with van der Waals surface area (Å²) in [5, 5.41) is 8.76. The predicted molar refractivity (Wildman–Crippen MR) is 62.9 cm³/mol. The number of hydrogen-bond donors (Lipinski definition) is 1. The Labute approximate surface area is 106 Å². The molecular formula is C13H19NO4. The molecule has 3 unspecified atom stereocenters. The van der Waals surface area contributed by atoms with Crippen molar-refractivity contribution in [3.8, 4) is 0 Å². The smallest absolute Gasteiger partial charge is 0.306 e. The molecule has 1 aliphatic heterocycles. The molecule has 1 N–H and O–H groups in total. The molecule has 1 saturated heterocycles. The van der Waals surface area contributed by atoms with E-state index in [2.05, 4.69) is 0 Å². The zero-order chi connectivity index (χ0) is 12.7. The van der Waals surface area contributed by atoms with E-state index in [9.17, 15) is 9.59 Å². The molecule has 3 atom stereocenters. The highest BCUT2D eigenvalue weighted by Crippen LogP contribution is 2.54. The minimum Gasteiger partial charge on any atom is -0.481 e. The van der Waals surface area contributed by atoms with Crippen LogP contribution in [0.5, 0.6) is 0 Å². The van der Waals surface area contributed by atoms with Gasteiger partial charge < -0.3 is 14.7 Å². The van der Waals surface area contributed by atoms with Crippen molar-refractivity contribution in [2.45, 2.75) is 31.8 Å². The third-order valence-electron chi connectivity index (χ3n) is 4.45. The van der Waals surface area contributed by atoms with Gasteiger partial charge in [-0.2, -0.15) is 0 Å². The quantitative estimate of drug-likeness (QED) is 0.805. The molecule has 2 saturated carbocycles. The molecule has 0 bridgehead atoms. The molecule has 5 nitrogen and oxygen atoms in total. The lowest BCUT2D eigenvalue weighted by Gasteiger charge is -2.34. The summed E-state index contributed by atoms with van der Waals surface area (Å²) < 4.78 is 5.39. The standard InChI is InChI=1S/C13H19NO4/c15-12(16)6-11-7-14(1-2-18-11)13(17)10-4-8-3-9(8)5-10/h8-11H,1-7H2,(H,15,16). The third-order valence-corrected chi connectivity index (χ3v) is 4.45. The molecule has 5 heteroatoms. The second kappa shape index (κ2) is 4.53. The van der Waals surface area contributed by atoms with Gasteiger partial charge in [0.15, 0.2) is 0 Å². The van der Waals surface area contributed by atoms with E-state index in [0.717, 1.165) is 24.7 Å².